The molecule has 3 nitrogen and oxygen atoms in total. The van der Waals surface area contributed by atoms with Crippen LogP contribution in [-0.2, 0) is 4.74 Å². The van der Waals surface area contributed by atoms with Crippen molar-refractivity contribution >= 4 is 16.3 Å². The van der Waals surface area contributed by atoms with Crippen LogP contribution in [-0.4, -0.2) is 42.2 Å². The van der Waals surface area contributed by atoms with Crippen LogP contribution in [0.3, 0.4) is 0 Å². The molecule has 35 heavy (non-hydrogen) atoms. The summed E-state index contributed by atoms with van der Waals surface area (Å²) < 4.78 is 5.65. The number of hydrogen-bond acceptors (Lipinski definition) is 3. The first kappa shape index (κ1) is 22.5. The van der Waals surface area contributed by atoms with Gasteiger partial charge in [-0.3, -0.25) is 9.88 Å². The molecule has 0 amide bonds. The molecule has 0 unspecified atom stereocenters. The van der Waals surface area contributed by atoms with Gasteiger partial charge in [0, 0.05) is 36.9 Å². The molecule has 2 heterocycles. The molecule has 186 valence electrons. The second-order valence-electron chi connectivity index (χ2n) is 13.0. The third kappa shape index (κ3) is 3.48. The van der Waals surface area contributed by atoms with E-state index in [0.717, 1.165) is 56.0 Å². The second kappa shape index (κ2) is 8.42. The molecule has 0 bridgehead atoms. The van der Waals surface area contributed by atoms with Crippen LogP contribution in [0.1, 0.15) is 70.8 Å². The molecule has 1 aromatic carbocycles. The number of ether oxygens (including phenoxy) is 1. The summed E-state index contributed by atoms with van der Waals surface area (Å²) in [6.07, 6.45) is 17.9. The quantitative estimate of drug-likeness (QED) is 0.474. The number of pyridine rings is 1. The number of hydrogen-bond donors (Lipinski definition) is 0. The lowest BCUT2D eigenvalue weighted by Gasteiger charge is -2.61. The van der Waals surface area contributed by atoms with E-state index < -0.39 is 0 Å². The molecule has 0 spiro atoms. The van der Waals surface area contributed by atoms with Gasteiger partial charge < -0.3 is 4.74 Å². The van der Waals surface area contributed by atoms with Crippen LogP contribution in [0.25, 0.3) is 16.3 Å². The molecule has 0 N–H and O–H groups in total. The molecule has 5 aliphatic rings. The lowest BCUT2D eigenvalue weighted by atomic mass is 9.44. The number of allylic oxidation sites excluding steroid dienone is 2. The summed E-state index contributed by atoms with van der Waals surface area (Å²) in [6.45, 7) is 9.51. The van der Waals surface area contributed by atoms with Gasteiger partial charge in [-0.2, -0.15) is 0 Å². The molecule has 1 aromatic heterocycles. The van der Waals surface area contributed by atoms with Gasteiger partial charge in [-0.1, -0.05) is 32.1 Å². The van der Waals surface area contributed by atoms with Crippen molar-refractivity contribution in [1.82, 2.24) is 9.88 Å². The lowest BCUT2D eigenvalue weighted by Crippen LogP contribution is -2.56. The second-order valence-corrected chi connectivity index (χ2v) is 13.0. The molecule has 1 aliphatic heterocycles. The smallest absolute Gasteiger partial charge is 0.0594 e. The SMILES string of the molecule is C[C@]12CC[C@H](N3CCOCC3)C[C@@H]1CC[C@@H]1[C@@H]2CC[C@]2(C)C(c3ccc4ccncc4c3)=CC[C@@H]12. The number of morpholine rings is 1. The zero-order valence-corrected chi connectivity index (χ0v) is 21.7. The van der Waals surface area contributed by atoms with E-state index in [1.165, 1.54) is 67.7 Å². The zero-order chi connectivity index (χ0) is 23.6. The van der Waals surface area contributed by atoms with Crippen LogP contribution in [0.5, 0.6) is 0 Å². The molecule has 1 saturated heterocycles. The Labute approximate surface area is 211 Å². The Hall–Kier alpha value is -1.71. The van der Waals surface area contributed by atoms with Gasteiger partial charge in [0.05, 0.1) is 13.2 Å². The number of benzene rings is 1. The molecule has 4 aliphatic carbocycles. The van der Waals surface area contributed by atoms with E-state index in [9.17, 15) is 0 Å². The Morgan fingerprint density at radius 3 is 2.71 bits per heavy atom. The maximum absolute atomic E-state index is 5.65. The van der Waals surface area contributed by atoms with Crippen LogP contribution in [0, 0.1) is 34.5 Å². The summed E-state index contributed by atoms with van der Waals surface area (Å²) in [5.41, 5.74) is 3.98. The Morgan fingerprint density at radius 2 is 1.83 bits per heavy atom. The monoisotopic (exact) mass is 470 g/mol. The van der Waals surface area contributed by atoms with Gasteiger partial charge >= 0.3 is 0 Å². The highest BCUT2D eigenvalue weighted by Crippen LogP contribution is 2.67. The molecule has 3 heteroatoms. The van der Waals surface area contributed by atoms with Gasteiger partial charge in [0.2, 0.25) is 0 Å². The van der Waals surface area contributed by atoms with Crippen LogP contribution >= 0.6 is 0 Å². The fourth-order valence-corrected chi connectivity index (χ4v) is 9.78. The van der Waals surface area contributed by atoms with E-state index in [1.54, 1.807) is 5.57 Å². The number of rotatable bonds is 2. The summed E-state index contributed by atoms with van der Waals surface area (Å²) in [6, 6.07) is 10.0. The average Bonchev–Trinajstić information content (AvgIpc) is 3.25. The summed E-state index contributed by atoms with van der Waals surface area (Å²) in [5.74, 6) is 3.59. The van der Waals surface area contributed by atoms with Crippen LogP contribution in [0.4, 0.5) is 0 Å². The molecule has 0 radical (unpaired) electrons. The van der Waals surface area contributed by atoms with E-state index in [0.29, 0.717) is 10.8 Å². The third-order valence-corrected chi connectivity index (χ3v) is 11.7. The topological polar surface area (TPSA) is 25.4 Å². The third-order valence-electron chi connectivity index (χ3n) is 11.7. The van der Waals surface area contributed by atoms with Gasteiger partial charge in [0.15, 0.2) is 0 Å². The Morgan fingerprint density at radius 1 is 0.943 bits per heavy atom. The molecular formula is C32H42N2O. The minimum absolute atomic E-state index is 0.339. The molecule has 2 aromatic rings. The number of aromatic nitrogens is 1. The highest BCUT2D eigenvalue weighted by Gasteiger charge is 2.58. The summed E-state index contributed by atoms with van der Waals surface area (Å²) in [4.78, 5) is 7.15. The summed E-state index contributed by atoms with van der Waals surface area (Å²) >= 11 is 0. The Balaban J connectivity index is 1.12. The highest BCUT2D eigenvalue weighted by atomic mass is 16.5. The van der Waals surface area contributed by atoms with E-state index >= 15 is 0 Å². The first-order chi connectivity index (χ1) is 17.1. The van der Waals surface area contributed by atoms with Crippen LogP contribution in [0.15, 0.2) is 42.7 Å². The summed E-state index contributed by atoms with van der Waals surface area (Å²) in [5, 5.41) is 2.57. The molecular weight excluding hydrogens is 428 g/mol. The average molecular weight is 471 g/mol. The van der Waals surface area contributed by atoms with E-state index in [-0.39, 0.29) is 0 Å². The van der Waals surface area contributed by atoms with Crippen molar-refractivity contribution in [2.24, 2.45) is 34.5 Å². The van der Waals surface area contributed by atoms with Gasteiger partial charge in [0.1, 0.15) is 0 Å². The van der Waals surface area contributed by atoms with Gasteiger partial charge in [0.25, 0.3) is 0 Å². The van der Waals surface area contributed by atoms with Gasteiger partial charge in [-0.25, -0.2) is 0 Å². The van der Waals surface area contributed by atoms with Crippen molar-refractivity contribution < 1.29 is 4.74 Å². The van der Waals surface area contributed by atoms with Crippen molar-refractivity contribution in [2.45, 2.75) is 71.3 Å². The Bertz CT molecular complexity index is 1140. The predicted molar refractivity (Wildman–Crippen MR) is 143 cm³/mol. The molecule has 4 fully saturated rings. The van der Waals surface area contributed by atoms with Crippen molar-refractivity contribution in [1.29, 1.82) is 0 Å². The first-order valence-electron chi connectivity index (χ1n) is 14.4. The van der Waals surface area contributed by atoms with Crippen molar-refractivity contribution in [3.63, 3.8) is 0 Å². The molecule has 3 saturated carbocycles. The standard InChI is InChI=1S/C32H42N2O/c1-31-12-9-26(34-15-17-35-18-16-34)20-25(31)5-6-27-29-8-7-28(32(29,2)13-10-30(27)31)23-4-3-22-11-14-33-21-24(22)19-23/h3-4,7,11,14,19,21,25-27,29-30H,5-6,8-10,12-13,15-18,20H2,1-2H3/t25-,26-,27-,29-,30-,31-,32+/m0/s1. The normalized spacial score (nSPS) is 41.7. The highest BCUT2D eigenvalue weighted by molar-refractivity contribution is 5.86. The fourth-order valence-electron chi connectivity index (χ4n) is 9.78. The Kier molecular flexibility index (Phi) is 5.41. The predicted octanol–water partition coefficient (Wildman–Crippen LogP) is 6.97. The first-order valence-corrected chi connectivity index (χ1v) is 14.4. The van der Waals surface area contributed by atoms with Crippen molar-refractivity contribution in [3.05, 3.63) is 48.3 Å². The molecule has 7 atom stereocenters. The van der Waals surface area contributed by atoms with Crippen LogP contribution in [0.2, 0.25) is 0 Å². The van der Waals surface area contributed by atoms with Crippen molar-refractivity contribution in [2.75, 3.05) is 26.3 Å². The molecule has 7 rings (SSSR count). The minimum Gasteiger partial charge on any atom is -0.379 e. The lowest BCUT2D eigenvalue weighted by molar-refractivity contribution is -0.113. The maximum atomic E-state index is 5.65. The van der Waals surface area contributed by atoms with Gasteiger partial charge in [-0.05, 0) is 115 Å². The zero-order valence-electron chi connectivity index (χ0n) is 21.7. The largest absolute Gasteiger partial charge is 0.379 e. The maximum Gasteiger partial charge on any atom is 0.0594 e. The fraction of sp³-hybridized carbons (Fsp3) is 0.656. The van der Waals surface area contributed by atoms with Crippen LogP contribution < -0.4 is 0 Å². The minimum atomic E-state index is 0.339. The summed E-state index contributed by atoms with van der Waals surface area (Å²) in [7, 11) is 0. The van der Waals surface area contributed by atoms with E-state index in [4.69, 9.17) is 4.74 Å². The number of fused-ring (bicyclic) bond motifs is 6. The van der Waals surface area contributed by atoms with Gasteiger partial charge in [-0.15, -0.1) is 0 Å². The van der Waals surface area contributed by atoms with E-state index in [1.807, 2.05) is 12.4 Å². The number of nitrogens with zero attached hydrogens (tertiary/aromatic N) is 2. The van der Waals surface area contributed by atoms with Crippen molar-refractivity contribution in [3.8, 4) is 0 Å². The van der Waals surface area contributed by atoms with E-state index in [2.05, 4.69) is 54.1 Å².